The first-order valence-corrected chi connectivity index (χ1v) is 6.66. The number of phenolic OH excluding ortho intramolecular Hbond substituents is 1. The molecule has 0 aliphatic carbocycles. The lowest BCUT2D eigenvalue weighted by Crippen LogP contribution is -2.32. The van der Waals surface area contributed by atoms with Crippen molar-refractivity contribution in [3.63, 3.8) is 0 Å². The third-order valence-electron chi connectivity index (χ3n) is 2.73. The highest BCUT2D eigenvalue weighted by Gasteiger charge is 2.12. The summed E-state index contributed by atoms with van der Waals surface area (Å²) in [4.78, 5) is 30.5. The minimum Gasteiger partial charge on any atom is -0.508 e. The summed E-state index contributed by atoms with van der Waals surface area (Å²) in [5.41, 5.74) is 15.9. The molecule has 1 aromatic carbocycles. The zero-order valence-electron chi connectivity index (χ0n) is 12.4. The van der Waals surface area contributed by atoms with E-state index in [1.54, 1.807) is 12.1 Å². The number of carbonyl (C=O) groups excluding carboxylic acids is 1. The lowest BCUT2D eigenvalue weighted by molar-refractivity contribution is -0.139. The summed E-state index contributed by atoms with van der Waals surface area (Å²) in [6, 6.07) is 4.45. The van der Waals surface area contributed by atoms with E-state index < -0.39 is 29.9 Å². The topological polar surface area (TPSA) is 190 Å². The van der Waals surface area contributed by atoms with Crippen LogP contribution in [0.2, 0.25) is 0 Å². The molecular formula is C14H21N3O6. The van der Waals surface area contributed by atoms with Gasteiger partial charge < -0.3 is 32.5 Å². The van der Waals surface area contributed by atoms with Crippen LogP contribution in [-0.2, 0) is 20.8 Å². The van der Waals surface area contributed by atoms with Crippen LogP contribution in [0.1, 0.15) is 18.4 Å². The Bertz CT molecular complexity index is 532. The van der Waals surface area contributed by atoms with Gasteiger partial charge in [-0.05, 0) is 30.5 Å². The molecule has 0 heterocycles. The van der Waals surface area contributed by atoms with Crippen LogP contribution < -0.4 is 17.2 Å². The maximum absolute atomic E-state index is 10.4. The number of primary amides is 1. The predicted molar refractivity (Wildman–Crippen MR) is 81.5 cm³/mol. The number of rotatable bonds is 7. The molecule has 0 radical (unpaired) electrons. The van der Waals surface area contributed by atoms with Crippen molar-refractivity contribution >= 4 is 17.8 Å². The summed E-state index contributed by atoms with van der Waals surface area (Å²) in [5, 5.41) is 25.7. The van der Waals surface area contributed by atoms with Gasteiger partial charge in [0.2, 0.25) is 5.91 Å². The number of aliphatic carboxylic acids is 2. The molecule has 23 heavy (non-hydrogen) atoms. The molecule has 1 rings (SSSR count). The van der Waals surface area contributed by atoms with Gasteiger partial charge in [0.25, 0.3) is 0 Å². The molecule has 0 fully saturated rings. The van der Waals surface area contributed by atoms with Crippen molar-refractivity contribution in [2.24, 2.45) is 17.2 Å². The molecule has 0 spiro atoms. The van der Waals surface area contributed by atoms with Crippen LogP contribution in [0.5, 0.6) is 5.75 Å². The van der Waals surface area contributed by atoms with Crippen molar-refractivity contribution in [1.29, 1.82) is 0 Å². The fourth-order valence-electron chi connectivity index (χ4n) is 1.39. The molecule has 9 heteroatoms. The number of hydrogen-bond acceptors (Lipinski definition) is 6. The molecule has 0 bridgehead atoms. The van der Waals surface area contributed by atoms with E-state index in [4.69, 9.17) is 32.5 Å². The van der Waals surface area contributed by atoms with Crippen LogP contribution in [0.3, 0.4) is 0 Å². The van der Waals surface area contributed by atoms with E-state index in [-0.39, 0.29) is 25.0 Å². The summed E-state index contributed by atoms with van der Waals surface area (Å²) in [5.74, 6) is -2.50. The third-order valence-corrected chi connectivity index (χ3v) is 2.73. The fourth-order valence-corrected chi connectivity index (χ4v) is 1.39. The standard InChI is InChI=1S/C9H11NO3.C5H10N2O3/c10-8(9(12)13)5-6-1-3-7(11)4-2-6;6-3(5(9)10)1-2-4(7)8/h1-4,8,11H,5,10H2,(H,12,13);3H,1-2,6H2,(H2,7,8)(H,9,10)/t8-;3-/m11/s1. The van der Waals surface area contributed by atoms with Gasteiger partial charge in [-0.3, -0.25) is 14.4 Å². The number of aromatic hydroxyl groups is 1. The Kier molecular flexibility index (Phi) is 8.97. The van der Waals surface area contributed by atoms with Gasteiger partial charge >= 0.3 is 11.9 Å². The molecule has 0 aliphatic rings. The molecule has 0 aromatic heterocycles. The van der Waals surface area contributed by atoms with E-state index in [0.29, 0.717) is 0 Å². The van der Waals surface area contributed by atoms with Crippen molar-refractivity contribution in [3.8, 4) is 5.75 Å². The van der Waals surface area contributed by atoms with Gasteiger partial charge in [0, 0.05) is 6.42 Å². The van der Waals surface area contributed by atoms with E-state index in [9.17, 15) is 14.4 Å². The number of nitrogens with two attached hydrogens (primary N) is 3. The molecule has 0 unspecified atom stereocenters. The van der Waals surface area contributed by atoms with Gasteiger partial charge in [-0.1, -0.05) is 12.1 Å². The van der Waals surface area contributed by atoms with E-state index >= 15 is 0 Å². The van der Waals surface area contributed by atoms with E-state index in [1.807, 2.05) is 0 Å². The third kappa shape index (κ3) is 9.82. The van der Waals surface area contributed by atoms with Crippen LogP contribution >= 0.6 is 0 Å². The molecular weight excluding hydrogens is 306 g/mol. The number of benzene rings is 1. The molecule has 128 valence electrons. The number of phenols is 1. The van der Waals surface area contributed by atoms with Crippen molar-refractivity contribution in [2.75, 3.05) is 0 Å². The highest BCUT2D eigenvalue weighted by Crippen LogP contribution is 2.10. The summed E-state index contributed by atoms with van der Waals surface area (Å²) in [7, 11) is 0. The first-order chi connectivity index (χ1) is 10.6. The second kappa shape index (κ2) is 10.1. The average Bonchev–Trinajstić information content (AvgIpc) is 2.47. The van der Waals surface area contributed by atoms with Gasteiger partial charge in [0.15, 0.2) is 0 Å². The number of carboxylic acid groups (broad SMARTS) is 2. The minimum atomic E-state index is -1.11. The molecule has 0 saturated carbocycles. The molecule has 2 atom stereocenters. The van der Waals surface area contributed by atoms with E-state index in [2.05, 4.69) is 0 Å². The number of carboxylic acids is 2. The quantitative estimate of drug-likeness (QED) is 0.367. The largest absolute Gasteiger partial charge is 0.508 e. The highest BCUT2D eigenvalue weighted by molar-refractivity contribution is 5.77. The van der Waals surface area contributed by atoms with Gasteiger partial charge in [0.1, 0.15) is 17.8 Å². The van der Waals surface area contributed by atoms with Gasteiger partial charge in [-0.2, -0.15) is 0 Å². The van der Waals surface area contributed by atoms with Crippen molar-refractivity contribution in [1.82, 2.24) is 0 Å². The first-order valence-electron chi connectivity index (χ1n) is 6.66. The lowest BCUT2D eigenvalue weighted by atomic mass is 10.1. The SMILES string of the molecule is NC(=O)CC[C@@H](N)C(=O)O.N[C@H](Cc1ccc(O)cc1)C(=O)O. The zero-order valence-corrected chi connectivity index (χ0v) is 12.4. The van der Waals surface area contributed by atoms with Crippen LogP contribution in [0, 0.1) is 0 Å². The number of hydrogen-bond donors (Lipinski definition) is 6. The number of carbonyl (C=O) groups is 3. The lowest BCUT2D eigenvalue weighted by Gasteiger charge is -2.05. The Labute approximate surface area is 132 Å². The maximum atomic E-state index is 10.4. The smallest absolute Gasteiger partial charge is 0.320 e. The highest BCUT2D eigenvalue weighted by atomic mass is 16.4. The van der Waals surface area contributed by atoms with Gasteiger partial charge in [-0.25, -0.2) is 0 Å². The van der Waals surface area contributed by atoms with E-state index in [1.165, 1.54) is 12.1 Å². The Morgan fingerprint density at radius 1 is 0.957 bits per heavy atom. The van der Waals surface area contributed by atoms with Gasteiger partial charge in [0.05, 0.1) is 0 Å². The zero-order chi connectivity index (χ0) is 18.0. The fraction of sp³-hybridized carbons (Fsp3) is 0.357. The van der Waals surface area contributed by atoms with Crippen LogP contribution in [-0.4, -0.2) is 45.2 Å². The summed E-state index contributed by atoms with van der Waals surface area (Å²) >= 11 is 0. The second-order valence-corrected chi connectivity index (χ2v) is 4.77. The summed E-state index contributed by atoms with van der Waals surface area (Å²) in [6.07, 6.45) is 0.397. The van der Waals surface area contributed by atoms with E-state index in [0.717, 1.165) is 5.56 Å². The Morgan fingerprint density at radius 3 is 1.83 bits per heavy atom. The maximum Gasteiger partial charge on any atom is 0.320 e. The Hall–Kier alpha value is -2.65. The monoisotopic (exact) mass is 327 g/mol. The molecule has 9 N–H and O–H groups in total. The molecule has 1 aromatic rings. The Balaban J connectivity index is 0.000000438. The first kappa shape index (κ1) is 20.3. The second-order valence-electron chi connectivity index (χ2n) is 4.77. The van der Waals surface area contributed by atoms with Crippen molar-refractivity contribution < 1.29 is 29.7 Å². The van der Waals surface area contributed by atoms with Crippen LogP contribution in [0.15, 0.2) is 24.3 Å². The van der Waals surface area contributed by atoms with Crippen LogP contribution in [0.4, 0.5) is 0 Å². The molecule has 1 amide bonds. The number of amides is 1. The minimum absolute atomic E-state index is 0.0213. The predicted octanol–water partition coefficient (Wildman–Crippen LogP) is -0.990. The Morgan fingerprint density at radius 2 is 1.43 bits per heavy atom. The molecule has 9 nitrogen and oxygen atoms in total. The summed E-state index contributed by atoms with van der Waals surface area (Å²) < 4.78 is 0. The van der Waals surface area contributed by atoms with Crippen molar-refractivity contribution in [2.45, 2.75) is 31.3 Å². The average molecular weight is 327 g/mol. The van der Waals surface area contributed by atoms with Crippen LogP contribution in [0.25, 0.3) is 0 Å². The summed E-state index contributed by atoms with van der Waals surface area (Å²) in [6.45, 7) is 0. The molecule has 0 saturated heterocycles. The van der Waals surface area contributed by atoms with Gasteiger partial charge in [-0.15, -0.1) is 0 Å². The molecule has 0 aliphatic heterocycles. The van der Waals surface area contributed by atoms with Crippen molar-refractivity contribution in [3.05, 3.63) is 29.8 Å². The normalized spacial score (nSPS) is 12.4.